The van der Waals surface area contributed by atoms with E-state index in [4.69, 9.17) is 4.74 Å². The zero-order valence-electron chi connectivity index (χ0n) is 15.8. The number of allylic oxidation sites excluding steroid dienone is 1. The van der Waals surface area contributed by atoms with Crippen LogP contribution >= 0.6 is 0 Å². The van der Waals surface area contributed by atoms with Crippen LogP contribution in [0, 0.1) is 17.8 Å². The summed E-state index contributed by atoms with van der Waals surface area (Å²) in [4.78, 5) is 0. The Bertz CT molecular complexity index is 314. The van der Waals surface area contributed by atoms with Crippen LogP contribution in [-0.4, -0.2) is 6.10 Å². The van der Waals surface area contributed by atoms with E-state index in [9.17, 15) is 0 Å². The average Bonchev–Trinajstić information content (AvgIpc) is 2.60. The lowest BCUT2D eigenvalue weighted by Crippen LogP contribution is -2.29. The maximum atomic E-state index is 6.01. The summed E-state index contributed by atoms with van der Waals surface area (Å²) in [6, 6.07) is 0. The first-order valence-electron chi connectivity index (χ1n) is 10.6. The van der Waals surface area contributed by atoms with E-state index >= 15 is 0 Å². The third kappa shape index (κ3) is 6.89. The van der Waals surface area contributed by atoms with Gasteiger partial charge in [-0.15, -0.1) is 0 Å². The van der Waals surface area contributed by atoms with E-state index in [1.807, 2.05) is 6.26 Å². The first kappa shape index (κ1) is 18.9. The van der Waals surface area contributed by atoms with Crippen molar-refractivity contribution >= 4 is 0 Å². The van der Waals surface area contributed by atoms with E-state index in [1.165, 1.54) is 83.5 Å². The maximum absolute atomic E-state index is 6.01. The van der Waals surface area contributed by atoms with E-state index in [0.717, 1.165) is 24.2 Å². The van der Waals surface area contributed by atoms with Crippen LogP contribution in [0.5, 0.6) is 0 Å². The first-order valence-corrected chi connectivity index (χ1v) is 10.6. The molecular formula is C22H40O. The van der Waals surface area contributed by atoms with E-state index in [1.54, 1.807) is 0 Å². The number of hydrogen-bond donors (Lipinski definition) is 0. The highest BCUT2D eigenvalue weighted by Crippen LogP contribution is 2.41. The maximum Gasteiger partial charge on any atom is 0.0981 e. The molecule has 23 heavy (non-hydrogen) atoms. The molecule has 1 heteroatoms. The Labute approximate surface area is 145 Å². The molecule has 0 aromatic rings. The topological polar surface area (TPSA) is 9.23 Å². The lowest BCUT2D eigenvalue weighted by molar-refractivity contribution is 0.0510. The van der Waals surface area contributed by atoms with Gasteiger partial charge in [0.1, 0.15) is 0 Å². The number of ether oxygens (including phenoxy) is 1. The van der Waals surface area contributed by atoms with E-state index in [-0.39, 0.29) is 0 Å². The van der Waals surface area contributed by atoms with Crippen LogP contribution in [-0.2, 0) is 4.74 Å². The van der Waals surface area contributed by atoms with Gasteiger partial charge in [-0.3, -0.25) is 0 Å². The Morgan fingerprint density at radius 2 is 1.70 bits per heavy atom. The first-order chi connectivity index (χ1) is 11.3. The smallest absolute Gasteiger partial charge is 0.0981 e. The molecule has 1 nitrogen and oxygen atoms in total. The molecule has 0 spiro atoms. The molecule has 2 rings (SSSR count). The molecule has 0 radical (unpaired) electrons. The molecule has 0 N–H and O–H groups in total. The summed E-state index contributed by atoms with van der Waals surface area (Å²) < 4.78 is 6.01. The summed E-state index contributed by atoms with van der Waals surface area (Å²) in [5.74, 6) is 3.00. The van der Waals surface area contributed by atoms with Gasteiger partial charge in [-0.05, 0) is 68.8 Å². The van der Waals surface area contributed by atoms with Crippen LogP contribution in [0.2, 0.25) is 0 Å². The Hall–Kier alpha value is -0.460. The van der Waals surface area contributed by atoms with Gasteiger partial charge in [-0.25, -0.2) is 0 Å². The summed E-state index contributed by atoms with van der Waals surface area (Å²) >= 11 is 0. The largest absolute Gasteiger partial charge is 0.498 e. The predicted molar refractivity (Wildman–Crippen MR) is 100 cm³/mol. The fourth-order valence-corrected chi connectivity index (χ4v) is 4.77. The SMILES string of the molecule is CCCC=CO[C@@H]1CCC[C@@H](C2CCC(CCCCC)CC2)C1. The van der Waals surface area contributed by atoms with E-state index < -0.39 is 0 Å². The van der Waals surface area contributed by atoms with Gasteiger partial charge in [0, 0.05) is 0 Å². The highest BCUT2D eigenvalue weighted by Gasteiger charge is 2.31. The third-order valence-electron chi connectivity index (χ3n) is 6.26. The molecule has 134 valence electrons. The van der Waals surface area contributed by atoms with Crippen LogP contribution < -0.4 is 0 Å². The molecule has 2 fully saturated rings. The molecule has 0 heterocycles. The molecule has 0 unspecified atom stereocenters. The molecule has 0 aliphatic heterocycles. The van der Waals surface area contributed by atoms with Gasteiger partial charge < -0.3 is 4.74 Å². The molecule has 0 aromatic heterocycles. The lowest BCUT2D eigenvalue weighted by atomic mass is 9.70. The van der Waals surface area contributed by atoms with Crippen molar-refractivity contribution in [3.8, 4) is 0 Å². The second kappa shape index (κ2) is 11.2. The quantitative estimate of drug-likeness (QED) is 0.321. The van der Waals surface area contributed by atoms with Gasteiger partial charge in [-0.2, -0.15) is 0 Å². The van der Waals surface area contributed by atoms with Gasteiger partial charge in [-0.1, -0.05) is 58.8 Å². The Balaban J connectivity index is 1.66. The van der Waals surface area contributed by atoms with E-state index in [2.05, 4.69) is 19.9 Å². The molecular weight excluding hydrogens is 280 g/mol. The minimum Gasteiger partial charge on any atom is -0.498 e. The molecule has 0 aromatic carbocycles. The average molecular weight is 321 g/mol. The second-order valence-corrected chi connectivity index (χ2v) is 8.12. The molecule has 0 bridgehead atoms. The summed E-state index contributed by atoms with van der Waals surface area (Å²) in [7, 11) is 0. The van der Waals surface area contributed by atoms with Crippen molar-refractivity contribution in [3.05, 3.63) is 12.3 Å². The Morgan fingerprint density at radius 3 is 2.43 bits per heavy atom. The predicted octanol–water partition coefficient (Wildman–Crippen LogP) is 7.26. The number of rotatable bonds is 9. The standard InChI is InChI=1S/C22H40O/c1-3-5-7-10-19-13-15-20(16-14-19)21-11-9-12-22(18-21)23-17-8-6-4-2/h8,17,19-22H,3-7,9-16,18H2,1-2H3/t19?,20?,21-,22-/m1/s1. The highest BCUT2D eigenvalue weighted by molar-refractivity contribution is 4.84. The lowest BCUT2D eigenvalue weighted by Gasteiger charge is -2.38. The molecule has 2 aliphatic carbocycles. The van der Waals surface area contributed by atoms with Gasteiger partial charge in [0.05, 0.1) is 12.4 Å². The van der Waals surface area contributed by atoms with Crippen molar-refractivity contribution in [2.24, 2.45) is 17.8 Å². The van der Waals surface area contributed by atoms with Crippen molar-refractivity contribution in [3.63, 3.8) is 0 Å². The molecule has 2 saturated carbocycles. The fraction of sp³-hybridized carbons (Fsp3) is 0.909. The highest BCUT2D eigenvalue weighted by atomic mass is 16.5. The van der Waals surface area contributed by atoms with Crippen LogP contribution in [0.1, 0.15) is 104 Å². The monoisotopic (exact) mass is 320 g/mol. The zero-order chi connectivity index (χ0) is 16.3. The summed E-state index contributed by atoms with van der Waals surface area (Å²) in [6.07, 6.45) is 24.3. The molecule has 2 aliphatic rings. The van der Waals surface area contributed by atoms with Crippen molar-refractivity contribution in [1.82, 2.24) is 0 Å². The van der Waals surface area contributed by atoms with Gasteiger partial charge in [0.2, 0.25) is 0 Å². The Kier molecular flexibility index (Phi) is 9.15. The number of unbranched alkanes of at least 4 members (excludes halogenated alkanes) is 3. The van der Waals surface area contributed by atoms with Crippen LogP contribution in [0.25, 0.3) is 0 Å². The van der Waals surface area contributed by atoms with Gasteiger partial charge in [0.25, 0.3) is 0 Å². The van der Waals surface area contributed by atoms with E-state index in [0.29, 0.717) is 6.10 Å². The normalized spacial score (nSPS) is 32.3. The van der Waals surface area contributed by atoms with Gasteiger partial charge in [0.15, 0.2) is 0 Å². The Morgan fingerprint density at radius 1 is 0.870 bits per heavy atom. The van der Waals surface area contributed by atoms with Crippen molar-refractivity contribution in [2.75, 3.05) is 0 Å². The summed E-state index contributed by atoms with van der Waals surface area (Å²) in [5.41, 5.74) is 0. The fourth-order valence-electron chi connectivity index (χ4n) is 4.77. The minimum atomic E-state index is 0.504. The third-order valence-corrected chi connectivity index (χ3v) is 6.26. The second-order valence-electron chi connectivity index (χ2n) is 8.12. The molecule has 0 saturated heterocycles. The minimum absolute atomic E-state index is 0.504. The van der Waals surface area contributed by atoms with Crippen molar-refractivity contribution in [2.45, 2.75) is 110 Å². The summed E-state index contributed by atoms with van der Waals surface area (Å²) in [6.45, 7) is 4.54. The molecule has 2 atom stereocenters. The van der Waals surface area contributed by atoms with Crippen molar-refractivity contribution < 1.29 is 4.74 Å². The van der Waals surface area contributed by atoms with Gasteiger partial charge >= 0.3 is 0 Å². The van der Waals surface area contributed by atoms with Crippen LogP contribution in [0.4, 0.5) is 0 Å². The van der Waals surface area contributed by atoms with Crippen molar-refractivity contribution in [1.29, 1.82) is 0 Å². The summed E-state index contributed by atoms with van der Waals surface area (Å²) in [5, 5.41) is 0. The van der Waals surface area contributed by atoms with Crippen LogP contribution in [0.15, 0.2) is 12.3 Å². The van der Waals surface area contributed by atoms with Crippen LogP contribution in [0.3, 0.4) is 0 Å². The number of hydrogen-bond acceptors (Lipinski definition) is 1. The zero-order valence-corrected chi connectivity index (χ0v) is 15.8. The molecule has 0 amide bonds.